The number of pyridine rings is 1. The fourth-order valence-corrected chi connectivity index (χ4v) is 2.88. The second kappa shape index (κ2) is 11.7. The van der Waals surface area contributed by atoms with E-state index in [2.05, 4.69) is 20.9 Å². The molecule has 6 N–H and O–H groups in total. The van der Waals surface area contributed by atoms with Crippen LogP contribution in [0.4, 0.5) is 0 Å². The van der Waals surface area contributed by atoms with E-state index in [1.54, 1.807) is 18.3 Å². The Morgan fingerprint density at radius 1 is 1.10 bits per heavy atom. The number of nitrogens with one attached hydrogen (secondary N) is 4. The molecule has 0 aliphatic rings. The van der Waals surface area contributed by atoms with Gasteiger partial charge in [-0.3, -0.25) is 20.0 Å². The van der Waals surface area contributed by atoms with Crippen LogP contribution in [-0.4, -0.2) is 41.8 Å². The first-order valence-corrected chi connectivity index (χ1v) is 9.98. The normalized spacial score (nSPS) is 11.7. The Morgan fingerprint density at radius 3 is 2.43 bits per heavy atom. The Labute approximate surface area is 177 Å². The van der Waals surface area contributed by atoms with Crippen molar-refractivity contribution in [2.75, 3.05) is 13.1 Å². The summed E-state index contributed by atoms with van der Waals surface area (Å²) in [6.07, 6.45) is 2.35. The average Bonchev–Trinajstić information content (AvgIpc) is 2.73. The molecule has 1 unspecified atom stereocenters. The first-order chi connectivity index (χ1) is 14.4. The van der Waals surface area contributed by atoms with Gasteiger partial charge in [0.1, 0.15) is 5.84 Å². The lowest BCUT2D eigenvalue weighted by Gasteiger charge is -2.22. The topological polar surface area (TPSA) is 133 Å². The van der Waals surface area contributed by atoms with Gasteiger partial charge in [-0.1, -0.05) is 44.2 Å². The number of carbonyl (C=O) groups excluding carboxylic acids is 2. The Balaban J connectivity index is 1.76. The Kier molecular flexibility index (Phi) is 8.96. The van der Waals surface area contributed by atoms with E-state index in [1.165, 1.54) is 0 Å². The van der Waals surface area contributed by atoms with Crippen molar-refractivity contribution in [2.24, 2.45) is 11.7 Å². The lowest BCUT2D eigenvalue weighted by Crippen LogP contribution is -2.49. The van der Waals surface area contributed by atoms with Crippen molar-refractivity contribution in [1.29, 1.82) is 5.41 Å². The van der Waals surface area contributed by atoms with Gasteiger partial charge in [0.15, 0.2) is 0 Å². The van der Waals surface area contributed by atoms with E-state index in [0.29, 0.717) is 25.1 Å². The van der Waals surface area contributed by atoms with Gasteiger partial charge in [-0.15, -0.1) is 0 Å². The second-order valence-electron chi connectivity index (χ2n) is 7.35. The van der Waals surface area contributed by atoms with Gasteiger partial charge in [0, 0.05) is 37.0 Å². The Bertz CT molecular complexity index is 836. The third-order valence-corrected chi connectivity index (χ3v) is 4.59. The van der Waals surface area contributed by atoms with Crippen molar-refractivity contribution in [3.63, 3.8) is 0 Å². The van der Waals surface area contributed by atoms with E-state index in [0.717, 1.165) is 11.3 Å². The van der Waals surface area contributed by atoms with Crippen molar-refractivity contribution >= 4 is 17.6 Å². The minimum absolute atomic E-state index is 0.0206. The van der Waals surface area contributed by atoms with E-state index in [1.807, 2.05) is 44.2 Å². The number of carbonyl (C=O) groups is 2. The number of aromatic nitrogens is 1. The van der Waals surface area contributed by atoms with Gasteiger partial charge in [0.25, 0.3) is 0 Å². The number of amides is 2. The fourth-order valence-electron chi connectivity index (χ4n) is 2.88. The predicted molar refractivity (Wildman–Crippen MR) is 117 cm³/mol. The molecule has 0 aliphatic heterocycles. The molecule has 0 bridgehead atoms. The Morgan fingerprint density at radius 2 is 1.83 bits per heavy atom. The molecule has 1 atom stereocenters. The van der Waals surface area contributed by atoms with Crippen LogP contribution in [0.5, 0.6) is 0 Å². The smallest absolute Gasteiger partial charge is 0.239 e. The number of rotatable bonds is 11. The summed E-state index contributed by atoms with van der Waals surface area (Å²) in [5.74, 6) is -0.382. The van der Waals surface area contributed by atoms with Crippen LogP contribution in [0.15, 0.2) is 48.7 Å². The zero-order valence-electron chi connectivity index (χ0n) is 17.4. The molecule has 2 amide bonds. The highest BCUT2D eigenvalue weighted by Gasteiger charge is 2.22. The lowest BCUT2D eigenvalue weighted by atomic mass is 10.0. The monoisotopic (exact) mass is 410 g/mol. The molecule has 1 heterocycles. The quantitative estimate of drug-likeness (QED) is 0.278. The van der Waals surface area contributed by atoms with Crippen LogP contribution in [0.25, 0.3) is 0 Å². The van der Waals surface area contributed by atoms with Gasteiger partial charge < -0.3 is 21.7 Å². The van der Waals surface area contributed by atoms with E-state index in [9.17, 15) is 9.59 Å². The molecule has 0 spiro atoms. The molecule has 1 aromatic carbocycles. The summed E-state index contributed by atoms with van der Waals surface area (Å²) in [7, 11) is 0. The largest absolute Gasteiger partial charge is 0.384 e. The zero-order chi connectivity index (χ0) is 21.9. The summed E-state index contributed by atoms with van der Waals surface area (Å²) in [5, 5.41) is 16.1. The van der Waals surface area contributed by atoms with Crippen LogP contribution in [0.2, 0.25) is 0 Å². The number of benzene rings is 1. The van der Waals surface area contributed by atoms with Crippen LogP contribution in [0.3, 0.4) is 0 Å². The maximum absolute atomic E-state index is 12.5. The van der Waals surface area contributed by atoms with Crippen molar-refractivity contribution in [2.45, 2.75) is 32.9 Å². The Hall–Kier alpha value is -3.26. The SMILES string of the molecule is CC(C)C(NCc1ccc(C(=N)N)cc1)C(=O)NCC(=O)NCCc1ccccn1. The molecule has 8 nitrogen and oxygen atoms in total. The van der Waals surface area contributed by atoms with Gasteiger partial charge in [-0.25, -0.2) is 0 Å². The molecule has 0 fully saturated rings. The first kappa shape index (κ1) is 23.0. The van der Waals surface area contributed by atoms with Gasteiger partial charge in [0.2, 0.25) is 11.8 Å². The zero-order valence-corrected chi connectivity index (χ0v) is 17.4. The molecule has 30 heavy (non-hydrogen) atoms. The van der Waals surface area contributed by atoms with Gasteiger partial charge in [0.05, 0.1) is 12.6 Å². The molecule has 0 radical (unpaired) electrons. The predicted octanol–water partition coefficient (Wildman–Crippen LogP) is 0.955. The average molecular weight is 411 g/mol. The van der Waals surface area contributed by atoms with Crippen LogP contribution in [-0.2, 0) is 22.6 Å². The third-order valence-electron chi connectivity index (χ3n) is 4.59. The molecule has 1 aromatic heterocycles. The molecule has 0 saturated carbocycles. The summed E-state index contributed by atoms with van der Waals surface area (Å²) in [4.78, 5) is 28.7. The number of nitrogens with two attached hydrogens (primary N) is 1. The number of hydrogen-bond donors (Lipinski definition) is 5. The highest BCUT2D eigenvalue weighted by molar-refractivity contribution is 5.94. The molecule has 2 aromatic rings. The van der Waals surface area contributed by atoms with Gasteiger partial charge in [-0.05, 0) is 23.6 Å². The summed E-state index contributed by atoms with van der Waals surface area (Å²) >= 11 is 0. The highest BCUT2D eigenvalue weighted by Crippen LogP contribution is 2.07. The van der Waals surface area contributed by atoms with Crippen LogP contribution in [0.1, 0.15) is 30.7 Å². The van der Waals surface area contributed by atoms with Crippen LogP contribution in [0, 0.1) is 11.3 Å². The minimum atomic E-state index is -0.432. The summed E-state index contributed by atoms with van der Waals surface area (Å²) in [6, 6.07) is 12.5. The maximum atomic E-state index is 12.5. The minimum Gasteiger partial charge on any atom is -0.384 e. The summed E-state index contributed by atoms with van der Waals surface area (Å²) < 4.78 is 0. The number of hydrogen-bond acceptors (Lipinski definition) is 5. The van der Waals surface area contributed by atoms with E-state index in [4.69, 9.17) is 11.1 Å². The van der Waals surface area contributed by atoms with Crippen LogP contribution >= 0.6 is 0 Å². The number of amidine groups is 1. The van der Waals surface area contributed by atoms with Crippen molar-refractivity contribution in [3.05, 3.63) is 65.5 Å². The van der Waals surface area contributed by atoms with Crippen molar-refractivity contribution < 1.29 is 9.59 Å². The first-order valence-electron chi connectivity index (χ1n) is 9.98. The summed E-state index contributed by atoms with van der Waals surface area (Å²) in [5.41, 5.74) is 8.00. The second-order valence-corrected chi connectivity index (χ2v) is 7.35. The summed E-state index contributed by atoms with van der Waals surface area (Å²) in [6.45, 7) is 4.78. The highest BCUT2D eigenvalue weighted by atomic mass is 16.2. The third kappa shape index (κ3) is 7.63. The lowest BCUT2D eigenvalue weighted by molar-refractivity contribution is -0.128. The molecule has 0 aliphatic carbocycles. The van der Waals surface area contributed by atoms with E-state index >= 15 is 0 Å². The van der Waals surface area contributed by atoms with Gasteiger partial charge in [-0.2, -0.15) is 0 Å². The van der Waals surface area contributed by atoms with Crippen molar-refractivity contribution in [3.8, 4) is 0 Å². The molecular weight excluding hydrogens is 380 g/mol. The fraction of sp³-hybridized carbons (Fsp3) is 0.364. The molecule has 160 valence electrons. The van der Waals surface area contributed by atoms with E-state index < -0.39 is 6.04 Å². The van der Waals surface area contributed by atoms with Gasteiger partial charge >= 0.3 is 0 Å². The molecule has 0 saturated heterocycles. The maximum Gasteiger partial charge on any atom is 0.239 e. The van der Waals surface area contributed by atoms with E-state index in [-0.39, 0.29) is 30.1 Å². The number of nitrogens with zero attached hydrogens (tertiary/aromatic N) is 1. The number of nitrogen functional groups attached to an aromatic ring is 1. The standard InChI is InChI=1S/C22H30N6O2/c1-15(2)20(27-13-16-6-8-17(9-7-16)21(23)24)22(30)28-14-19(29)26-12-10-18-5-3-4-11-25-18/h3-9,11,15,20,27H,10,12-14H2,1-2H3,(H3,23,24)(H,26,29)(H,28,30). The molecule has 2 rings (SSSR count). The molecular formula is C22H30N6O2. The van der Waals surface area contributed by atoms with Crippen LogP contribution < -0.4 is 21.7 Å². The van der Waals surface area contributed by atoms with Crippen molar-refractivity contribution in [1.82, 2.24) is 20.9 Å². The molecule has 8 heteroatoms.